The molecule has 1 heterocycles. The largest absolute Gasteiger partial charge is 0.329 e. The average molecular weight is 355 g/mol. The quantitative estimate of drug-likeness (QED) is 0.732. The molecule has 3 rings (SSSR count). The van der Waals surface area contributed by atoms with Crippen molar-refractivity contribution in [2.24, 2.45) is 0 Å². The molecule has 3 aromatic rings. The van der Waals surface area contributed by atoms with Gasteiger partial charge in [-0.05, 0) is 30.2 Å². The van der Waals surface area contributed by atoms with Gasteiger partial charge in [-0.2, -0.15) is 0 Å². The summed E-state index contributed by atoms with van der Waals surface area (Å²) in [6.45, 7) is 1.40. The fraction of sp³-hybridized carbons (Fsp3) is 0.105. The van der Waals surface area contributed by atoms with Crippen LogP contribution < -0.4 is 11.2 Å². The Labute approximate surface area is 148 Å². The zero-order chi connectivity index (χ0) is 18.0. The van der Waals surface area contributed by atoms with Crippen molar-refractivity contribution in [2.45, 2.75) is 13.5 Å². The van der Waals surface area contributed by atoms with Gasteiger partial charge in [0.1, 0.15) is 5.56 Å². The SMILES string of the molecule is CC(=O)c1c(-c2ccc(Cl)cc2)[nH]c(=O)n(Cc2ccccc2)c1=O. The molecule has 0 aliphatic carbocycles. The highest BCUT2D eigenvalue weighted by molar-refractivity contribution is 6.30. The molecule has 1 N–H and O–H groups in total. The van der Waals surface area contributed by atoms with Gasteiger partial charge in [0.15, 0.2) is 5.78 Å². The Morgan fingerprint density at radius 1 is 1.04 bits per heavy atom. The first-order valence-corrected chi connectivity index (χ1v) is 8.03. The molecule has 0 atom stereocenters. The van der Waals surface area contributed by atoms with Crippen molar-refractivity contribution < 1.29 is 4.79 Å². The smallest absolute Gasteiger partial charge is 0.306 e. The first kappa shape index (κ1) is 16.9. The van der Waals surface area contributed by atoms with E-state index in [1.165, 1.54) is 6.92 Å². The van der Waals surface area contributed by atoms with Crippen molar-refractivity contribution >= 4 is 17.4 Å². The lowest BCUT2D eigenvalue weighted by molar-refractivity contribution is 0.101. The van der Waals surface area contributed by atoms with Gasteiger partial charge < -0.3 is 4.98 Å². The summed E-state index contributed by atoms with van der Waals surface area (Å²) in [6, 6.07) is 15.7. The summed E-state index contributed by atoms with van der Waals surface area (Å²) >= 11 is 5.87. The van der Waals surface area contributed by atoms with Gasteiger partial charge in [0.25, 0.3) is 5.56 Å². The Bertz CT molecular complexity index is 1040. The summed E-state index contributed by atoms with van der Waals surface area (Å²) < 4.78 is 1.03. The summed E-state index contributed by atoms with van der Waals surface area (Å²) in [5, 5.41) is 0.521. The van der Waals surface area contributed by atoms with Crippen molar-refractivity contribution in [3.8, 4) is 11.3 Å². The van der Waals surface area contributed by atoms with Crippen LogP contribution in [-0.2, 0) is 6.54 Å². The number of hydrogen-bond acceptors (Lipinski definition) is 3. The Kier molecular flexibility index (Phi) is 4.67. The van der Waals surface area contributed by atoms with Crippen LogP contribution in [0.1, 0.15) is 22.8 Å². The molecule has 0 unspecified atom stereocenters. The van der Waals surface area contributed by atoms with Gasteiger partial charge >= 0.3 is 5.69 Å². The zero-order valence-electron chi connectivity index (χ0n) is 13.5. The Morgan fingerprint density at radius 3 is 2.28 bits per heavy atom. The van der Waals surface area contributed by atoms with Crippen molar-refractivity contribution in [1.82, 2.24) is 9.55 Å². The van der Waals surface area contributed by atoms with Gasteiger partial charge in [-0.3, -0.25) is 14.2 Å². The van der Waals surface area contributed by atoms with E-state index in [9.17, 15) is 14.4 Å². The van der Waals surface area contributed by atoms with Gasteiger partial charge in [-0.1, -0.05) is 54.1 Å². The molecule has 2 aromatic carbocycles. The van der Waals surface area contributed by atoms with Gasteiger partial charge in [0.05, 0.1) is 12.2 Å². The van der Waals surface area contributed by atoms with Gasteiger partial charge in [0.2, 0.25) is 0 Å². The number of benzene rings is 2. The highest BCUT2D eigenvalue weighted by Crippen LogP contribution is 2.21. The fourth-order valence-electron chi connectivity index (χ4n) is 2.64. The number of H-pyrrole nitrogens is 1. The molecule has 0 bridgehead atoms. The number of nitrogens with one attached hydrogen (secondary N) is 1. The zero-order valence-corrected chi connectivity index (χ0v) is 14.2. The van der Waals surface area contributed by atoms with Crippen LogP contribution in [0.4, 0.5) is 0 Å². The van der Waals surface area contributed by atoms with E-state index in [1.807, 2.05) is 30.3 Å². The first-order valence-electron chi connectivity index (χ1n) is 7.65. The monoisotopic (exact) mass is 354 g/mol. The van der Waals surface area contributed by atoms with E-state index in [4.69, 9.17) is 11.6 Å². The highest BCUT2D eigenvalue weighted by atomic mass is 35.5. The summed E-state index contributed by atoms with van der Waals surface area (Å²) in [4.78, 5) is 40.0. The van der Waals surface area contributed by atoms with Crippen molar-refractivity contribution in [3.63, 3.8) is 0 Å². The Morgan fingerprint density at radius 2 is 1.68 bits per heavy atom. The molecule has 0 aliphatic heterocycles. The van der Waals surface area contributed by atoms with Crippen molar-refractivity contribution in [1.29, 1.82) is 0 Å². The maximum Gasteiger partial charge on any atom is 0.329 e. The van der Waals surface area contributed by atoms with E-state index < -0.39 is 17.0 Å². The third-order valence-corrected chi connectivity index (χ3v) is 4.11. The highest BCUT2D eigenvalue weighted by Gasteiger charge is 2.19. The maximum atomic E-state index is 12.8. The summed E-state index contributed by atoms with van der Waals surface area (Å²) in [5.74, 6) is -0.409. The minimum absolute atomic E-state index is 0.0437. The maximum absolute atomic E-state index is 12.8. The van der Waals surface area contributed by atoms with E-state index in [2.05, 4.69) is 4.98 Å². The van der Waals surface area contributed by atoms with Crippen molar-refractivity contribution in [3.05, 3.63) is 91.6 Å². The van der Waals surface area contributed by atoms with Crippen LogP contribution in [0.25, 0.3) is 11.3 Å². The molecule has 126 valence electrons. The number of ketones is 1. The predicted molar refractivity (Wildman–Crippen MR) is 97.3 cm³/mol. The topological polar surface area (TPSA) is 71.9 Å². The van der Waals surface area contributed by atoms with Crippen LogP contribution in [0.2, 0.25) is 5.02 Å². The molecule has 0 fully saturated rings. The van der Waals surface area contributed by atoms with E-state index in [1.54, 1.807) is 24.3 Å². The minimum Gasteiger partial charge on any atom is -0.306 e. The second-order valence-electron chi connectivity index (χ2n) is 5.62. The number of hydrogen-bond donors (Lipinski definition) is 1. The molecule has 5 nitrogen and oxygen atoms in total. The number of nitrogens with zero attached hydrogens (tertiary/aromatic N) is 1. The lowest BCUT2D eigenvalue weighted by Gasteiger charge is -2.11. The van der Waals surface area contributed by atoms with E-state index in [-0.39, 0.29) is 17.8 Å². The number of aromatic nitrogens is 2. The first-order chi connectivity index (χ1) is 12.0. The van der Waals surface area contributed by atoms with Crippen LogP contribution in [0.5, 0.6) is 0 Å². The second kappa shape index (κ2) is 6.91. The lowest BCUT2D eigenvalue weighted by atomic mass is 10.0. The lowest BCUT2D eigenvalue weighted by Crippen LogP contribution is -2.39. The molecule has 0 saturated heterocycles. The third-order valence-electron chi connectivity index (χ3n) is 3.85. The third kappa shape index (κ3) is 3.46. The van der Waals surface area contributed by atoms with Crippen LogP contribution in [0.3, 0.4) is 0 Å². The summed E-state index contributed by atoms with van der Waals surface area (Å²) in [6.07, 6.45) is 0. The number of rotatable bonds is 4. The molecule has 25 heavy (non-hydrogen) atoms. The predicted octanol–water partition coefficient (Wildman–Crippen LogP) is 3.11. The molecular weight excluding hydrogens is 340 g/mol. The van der Waals surface area contributed by atoms with Crippen LogP contribution in [0.15, 0.2) is 64.2 Å². The van der Waals surface area contributed by atoms with Crippen LogP contribution in [0, 0.1) is 0 Å². The number of aromatic amines is 1. The molecule has 0 radical (unpaired) electrons. The molecule has 0 spiro atoms. The van der Waals surface area contributed by atoms with Gasteiger partial charge in [-0.15, -0.1) is 0 Å². The number of halogens is 1. The summed E-state index contributed by atoms with van der Waals surface area (Å²) in [5.41, 5.74) is 0.342. The second-order valence-corrected chi connectivity index (χ2v) is 6.06. The molecular formula is C19H15ClN2O3. The fourth-order valence-corrected chi connectivity index (χ4v) is 2.77. The van der Waals surface area contributed by atoms with Gasteiger partial charge in [-0.25, -0.2) is 4.79 Å². The number of carbonyl (C=O) groups is 1. The van der Waals surface area contributed by atoms with Crippen LogP contribution >= 0.6 is 11.6 Å². The van der Waals surface area contributed by atoms with E-state index >= 15 is 0 Å². The normalized spacial score (nSPS) is 10.6. The number of carbonyl (C=O) groups excluding carboxylic acids is 1. The van der Waals surface area contributed by atoms with Crippen LogP contribution in [-0.4, -0.2) is 15.3 Å². The van der Waals surface area contributed by atoms with Gasteiger partial charge in [0, 0.05) is 5.02 Å². The van der Waals surface area contributed by atoms with E-state index in [0.717, 1.165) is 10.1 Å². The standard InChI is InChI=1S/C19H15ClN2O3/c1-12(23)16-17(14-7-9-15(20)10-8-14)21-19(25)22(18(16)24)11-13-5-3-2-4-6-13/h2-10H,11H2,1H3,(H,21,25). The minimum atomic E-state index is -0.606. The molecule has 0 saturated carbocycles. The Balaban J connectivity index is 2.20. The van der Waals surface area contributed by atoms with E-state index in [0.29, 0.717) is 10.6 Å². The number of Topliss-reactive ketones (excluding diaryl/α,β-unsaturated/α-hetero) is 1. The van der Waals surface area contributed by atoms with Crippen molar-refractivity contribution in [2.75, 3.05) is 0 Å². The molecule has 0 amide bonds. The average Bonchev–Trinajstić information content (AvgIpc) is 2.59. The Hall–Kier alpha value is -2.92. The molecule has 6 heteroatoms. The molecule has 1 aromatic heterocycles. The molecule has 0 aliphatic rings. The summed E-state index contributed by atoms with van der Waals surface area (Å²) in [7, 11) is 0.